The van der Waals surface area contributed by atoms with Crippen LogP contribution in [0.2, 0.25) is 0 Å². The van der Waals surface area contributed by atoms with Gasteiger partial charge in [-0.3, -0.25) is 18.9 Å². The van der Waals surface area contributed by atoms with Crippen LogP contribution in [0.5, 0.6) is 5.75 Å². The summed E-state index contributed by atoms with van der Waals surface area (Å²) in [6.45, 7) is 14.2. The Balaban J connectivity index is 1.24. The number of hydrogen-bond donors (Lipinski definition) is 1. The Morgan fingerprint density at radius 2 is 1.76 bits per heavy atom. The molecule has 3 aromatic heterocycles. The van der Waals surface area contributed by atoms with Gasteiger partial charge in [0.2, 0.25) is 5.91 Å². The summed E-state index contributed by atoms with van der Waals surface area (Å²) in [5.74, 6) is 1.93. The zero-order valence-electron chi connectivity index (χ0n) is 29.7. The molecule has 0 spiro atoms. The third kappa shape index (κ3) is 7.39. The van der Waals surface area contributed by atoms with Crippen molar-refractivity contribution in [2.24, 2.45) is 0 Å². The van der Waals surface area contributed by atoms with Crippen molar-refractivity contribution in [1.82, 2.24) is 39.7 Å². The van der Waals surface area contributed by atoms with E-state index in [9.17, 15) is 14.4 Å². The number of piperazine rings is 1. The molecule has 2 atom stereocenters. The molecular weight excluding hydrogens is 638 g/mol. The fourth-order valence-corrected chi connectivity index (χ4v) is 6.30. The molecule has 1 aliphatic heterocycles. The number of ether oxygens (including phenoxy) is 1. The molecule has 1 aromatic carbocycles. The topological polar surface area (TPSA) is 147 Å². The van der Waals surface area contributed by atoms with Crippen LogP contribution in [0.15, 0.2) is 48.7 Å². The van der Waals surface area contributed by atoms with Crippen LogP contribution in [-0.2, 0) is 31.8 Å². The van der Waals surface area contributed by atoms with Gasteiger partial charge in [0, 0.05) is 30.0 Å². The number of anilines is 1. The van der Waals surface area contributed by atoms with Gasteiger partial charge in [-0.2, -0.15) is 0 Å². The van der Waals surface area contributed by atoms with Crippen molar-refractivity contribution in [2.75, 3.05) is 31.7 Å². The molecule has 0 radical (unpaired) electrons. The van der Waals surface area contributed by atoms with Gasteiger partial charge >= 0.3 is 12.5 Å². The minimum Gasteiger partial charge on any atom is -0.484 e. The maximum Gasteiger partial charge on any atom is 0.357 e. The Morgan fingerprint density at radius 3 is 2.46 bits per heavy atom. The van der Waals surface area contributed by atoms with Crippen LogP contribution in [0.1, 0.15) is 95.0 Å². The molecule has 0 bridgehead atoms. The van der Waals surface area contributed by atoms with Gasteiger partial charge in [0.1, 0.15) is 17.7 Å². The smallest absolute Gasteiger partial charge is 0.357 e. The summed E-state index contributed by atoms with van der Waals surface area (Å²) < 4.78 is 8.51. The van der Waals surface area contributed by atoms with Gasteiger partial charge in [-0.05, 0) is 43.1 Å². The summed E-state index contributed by atoms with van der Waals surface area (Å²) >= 11 is 0. The number of amides is 3. The lowest BCUT2D eigenvalue weighted by atomic mass is 9.85. The zero-order valence-corrected chi connectivity index (χ0v) is 29.7. The molecule has 0 saturated carbocycles. The van der Waals surface area contributed by atoms with Gasteiger partial charge < -0.3 is 19.8 Å². The van der Waals surface area contributed by atoms with Gasteiger partial charge in [-0.25, -0.2) is 14.8 Å². The number of carbonyl (C=O) groups excluding carboxylic acids is 3. The monoisotopic (exact) mass is 683 g/mol. The Morgan fingerprint density at radius 1 is 1.00 bits per heavy atom. The van der Waals surface area contributed by atoms with Crippen molar-refractivity contribution in [1.29, 1.82) is 0 Å². The van der Waals surface area contributed by atoms with Crippen LogP contribution < -0.4 is 15.1 Å². The molecule has 4 aromatic rings. The van der Waals surface area contributed by atoms with E-state index in [0.717, 1.165) is 34.2 Å². The molecule has 4 heterocycles. The van der Waals surface area contributed by atoms with Crippen LogP contribution in [0.25, 0.3) is 5.65 Å². The van der Waals surface area contributed by atoms with E-state index in [2.05, 4.69) is 41.3 Å². The number of urea groups is 1. The maximum absolute atomic E-state index is 13.9. The molecule has 3 amide bonds. The van der Waals surface area contributed by atoms with Crippen molar-refractivity contribution < 1.29 is 24.0 Å². The lowest BCUT2D eigenvalue weighted by molar-refractivity contribution is -0.136. The number of benzene rings is 1. The van der Waals surface area contributed by atoms with E-state index in [1.807, 2.05) is 79.7 Å². The SMILES string of the molecule is CN1CCN(Cc2nc(N(OC=O)C(=O)N[C@H]3CC[C@@H](Oc4ccc5nnc(C(C)(C)C)n5c4)c4ccccc43)cc(C(C)(C)C)n2)C(=O)C1. The largest absolute Gasteiger partial charge is 0.484 e. The number of hydroxylamine groups is 1. The Hall–Kier alpha value is -5.11. The molecule has 14 nitrogen and oxygen atoms in total. The quantitative estimate of drug-likeness (QED) is 0.206. The average Bonchev–Trinajstić information content (AvgIpc) is 3.50. The lowest BCUT2D eigenvalue weighted by Gasteiger charge is -2.33. The molecule has 1 saturated heterocycles. The van der Waals surface area contributed by atoms with Gasteiger partial charge in [0.05, 0.1) is 31.0 Å². The van der Waals surface area contributed by atoms with Crippen LogP contribution in [-0.4, -0.2) is 79.5 Å². The first-order valence-electron chi connectivity index (χ1n) is 16.9. The van der Waals surface area contributed by atoms with E-state index in [-0.39, 0.29) is 36.3 Å². The number of rotatable bonds is 8. The summed E-state index contributed by atoms with van der Waals surface area (Å²) in [5.41, 5.74) is 2.60. The van der Waals surface area contributed by atoms with Gasteiger partial charge in [0.15, 0.2) is 17.3 Å². The summed E-state index contributed by atoms with van der Waals surface area (Å²) in [4.78, 5) is 56.6. The average molecular weight is 684 g/mol. The zero-order chi connectivity index (χ0) is 35.8. The molecule has 2 aliphatic rings. The van der Waals surface area contributed by atoms with E-state index in [1.54, 1.807) is 11.0 Å². The molecule has 1 fully saturated rings. The summed E-state index contributed by atoms with van der Waals surface area (Å²) in [6, 6.07) is 12.2. The van der Waals surface area contributed by atoms with E-state index < -0.39 is 17.5 Å². The standard InChI is InChI=1S/C36H45N9O5/c1-35(2,3)28-18-31(39-29(38-28)20-43-17-16-42(7)21-32(43)47)45(49-22-46)34(48)37-26-13-14-27(25-11-9-8-10-24(25)26)50-23-12-15-30-40-41-33(36(4,5)6)44(30)19-23/h8-12,15,18-19,22,26-27H,13-14,16-17,20-21H2,1-7H3,(H,37,48)/t26-,27+/m0/s1. The molecule has 264 valence electrons. The molecule has 14 heteroatoms. The summed E-state index contributed by atoms with van der Waals surface area (Å²) in [5, 5.41) is 12.6. The number of aromatic nitrogens is 5. The van der Waals surface area contributed by atoms with E-state index in [1.165, 1.54) is 0 Å². The highest BCUT2D eigenvalue weighted by molar-refractivity contribution is 5.90. The normalized spacial score (nSPS) is 18.5. The second-order valence-electron chi connectivity index (χ2n) is 15.0. The molecule has 6 rings (SSSR count). The lowest BCUT2D eigenvalue weighted by Crippen LogP contribution is -2.48. The minimum absolute atomic E-state index is 0.0315. The Kier molecular flexibility index (Phi) is 9.49. The number of nitrogens with one attached hydrogen (secondary N) is 1. The molecule has 1 aliphatic carbocycles. The van der Waals surface area contributed by atoms with Crippen molar-refractivity contribution >= 4 is 29.9 Å². The maximum atomic E-state index is 13.9. The summed E-state index contributed by atoms with van der Waals surface area (Å²) in [7, 11) is 1.90. The van der Waals surface area contributed by atoms with E-state index in [4.69, 9.17) is 14.6 Å². The number of nitrogens with zero attached hydrogens (tertiary/aromatic N) is 8. The van der Waals surface area contributed by atoms with Gasteiger partial charge in [0.25, 0.3) is 0 Å². The fourth-order valence-electron chi connectivity index (χ4n) is 6.30. The van der Waals surface area contributed by atoms with Crippen LogP contribution in [0.3, 0.4) is 0 Å². The Bertz CT molecular complexity index is 1900. The highest BCUT2D eigenvalue weighted by atomic mass is 16.7. The number of carbonyl (C=O) groups is 3. The van der Waals surface area contributed by atoms with Crippen LogP contribution >= 0.6 is 0 Å². The predicted molar refractivity (Wildman–Crippen MR) is 185 cm³/mol. The first kappa shape index (κ1) is 34.7. The predicted octanol–water partition coefficient (Wildman–Crippen LogP) is 4.65. The second-order valence-corrected chi connectivity index (χ2v) is 15.0. The van der Waals surface area contributed by atoms with E-state index >= 15 is 0 Å². The third-order valence-electron chi connectivity index (χ3n) is 8.97. The highest BCUT2D eigenvalue weighted by Crippen LogP contribution is 2.39. The first-order chi connectivity index (χ1) is 23.7. The van der Waals surface area contributed by atoms with Crippen molar-refractivity contribution in [2.45, 2.75) is 83.9 Å². The highest BCUT2D eigenvalue weighted by Gasteiger charge is 2.33. The van der Waals surface area contributed by atoms with Crippen LogP contribution in [0, 0.1) is 0 Å². The fraction of sp³-hybridized carbons (Fsp3) is 0.472. The third-order valence-corrected chi connectivity index (χ3v) is 8.97. The molecule has 50 heavy (non-hydrogen) atoms. The van der Waals surface area contributed by atoms with Crippen molar-refractivity contribution in [3.63, 3.8) is 0 Å². The number of likely N-dealkylation sites (N-methyl/N-ethyl adjacent to an activating group) is 1. The number of fused-ring (bicyclic) bond motifs is 2. The van der Waals surface area contributed by atoms with Crippen molar-refractivity contribution in [3.05, 3.63) is 77.1 Å². The molecule has 0 unspecified atom stereocenters. The minimum atomic E-state index is -0.663. The molecular formula is C36H45N9O5. The van der Waals surface area contributed by atoms with E-state index in [0.29, 0.717) is 43.2 Å². The van der Waals surface area contributed by atoms with Gasteiger partial charge in [-0.15, -0.1) is 15.3 Å². The molecule has 1 N–H and O–H groups in total. The van der Waals surface area contributed by atoms with Crippen molar-refractivity contribution in [3.8, 4) is 5.75 Å². The number of hydrogen-bond acceptors (Lipinski definition) is 10. The van der Waals surface area contributed by atoms with Gasteiger partial charge in [-0.1, -0.05) is 65.8 Å². The summed E-state index contributed by atoms with van der Waals surface area (Å²) in [6.07, 6.45) is 2.85. The number of pyridine rings is 1. The Labute approximate surface area is 291 Å². The van der Waals surface area contributed by atoms with Crippen LogP contribution in [0.4, 0.5) is 10.6 Å². The second kappa shape index (κ2) is 13.7. The first-order valence-corrected chi connectivity index (χ1v) is 16.9.